The fourth-order valence-corrected chi connectivity index (χ4v) is 0.925. The number of halogens is 1. The van der Waals surface area contributed by atoms with Gasteiger partial charge >= 0.3 is 35.5 Å². The van der Waals surface area contributed by atoms with E-state index in [4.69, 9.17) is 5.11 Å². The fourth-order valence-electron chi connectivity index (χ4n) is 0.688. The molecule has 1 N–H and O–H groups in total. The topological polar surface area (TPSA) is 46.5 Å². The molecule has 0 aromatic heterocycles. The molecule has 1 aromatic carbocycles. The third-order valence-corrected chi connectivity index (χ3v) is 1.59. The Labute approximate surface area is 108 Å². The monoisotopic (exact) mass is 288 g/mol. The summed E-state index contributed by atoms with van der Waals surface area (Å²) in [5.41, 5.74) is 0.182. The summed E-state index contributed by atoms with van der Waals surface area (Å²) in [6.45, 7) is 0. The van der Waals surface area contributed by atoms with E-state index >= 15 is 0 Å². The van der Waals surface area contributed by atoms with E-state index in [1.54, 1.807) is 12.1 Å². The molecule has 12 heavy (non-hydrogen) atoms. The maximum Gasteiger partial charge on any atom is 1.00 e. The minimum atomic E-state index is -0.538. The van der Waals surface area contributed by atoms with Crippen molar-refractivity contribution in [3.8, 4) is 5.75 Å². The average molecular weight is 288 g/mol. The molecule has 5 heteroatoms. The molecular formula is C7H6INaO3. The molecular weight excluding hydrogens is 282 g/mol. The smallest absolute Gasteiger partial charge is 1.00 e. The van der Waals surface area contributed by atoms with E-state index in [0.29, 0.717) is 0 Å². The molecule has 60 valence electrons. The van der Waals surface area contributed by atoms with Crippen LogP contribution in [0.1, 0.15) is 11.8 Å². The van der Waals surface area contributed by atoms with Crippen LogP contribution in [-0.4, -0.2) is 11.1 Å². The summed E-state index contributed by atoms with van der Waals surface area (Å²) in [6.07, 6.45) is 0. The SMILES string of the molecule is O=C(OI)c1ccccc1O.[H-].[Na+]. The molecule has 0 unspecified atom stereocenters. The van der Waals surface area contributed by atoms with Crippen molar-refractivity contribution in [2.75, 3.05) is 0 Å². The first-order valence-corrected chi connectivity index (χ1v) is 3.74. The van der Waals surface area contributed by atoms with E-state index in [9.17, 15) is 4.79 Å². The molecule has 0 heterocycles. The summed E-state index contributed by atoms with van der Waals surface area (Å²) >= 11 is 1.47. The van der Waals surface area contributed by atoms with Crippen molar-refractivity contribution in [3.63, 3.8) is 0 Å². The number of carbonyl (C=O) groups is 1. The van der Waals surface area contributed by atoms with Gasteiger partial charge in [-0.25, -0.2) is 4.79 Å². The largest absolute Gasteiger partial charge is 1.00 e. The Balaban J connectivity index is 0. The standard InChI is InChI=1S/C7H5IO3.Na.H/c8-11-7(10)5-3-1-2-4-6(5)9;;/h1-4,9H;;/q;+1;-1. The zero-order valence-corrected chi connectivity index (χ0v) is 10.6. The molecule has 1 rings (SSSR count). The first kappa shape index (κ1) is 12.2. The third-order valence-electron chi connectivity index (χ3n) is 1.19. The number of phenolic OH excluding ortho intramolecular Hbond substituents is 1. The number of hydrogen-bond acceptors (Lipinski definition) is 3. The van der Waals surface area contributed by atoms with Crippen molar-refractivity contribution >= 4 is 29.0 Å². The Hall–Kier alpha value is 0.220. The second kappa shape index (κ2) is 5.80. The minimum Gasteiger partial charge on any atom is -1.00 e. The number of rotatable bonds is 1. The van der Waals surface area contributed by atoms with Crippen LogP contribution in [0.2, 0.25) is 0 Å². The Morgan fingerprint density at radius 3 is 2.58 bits per heavy atom. The van der Waals surface area contributed by atoms with Gasteiger partial charge in [-0.2, -0.15) is 0 Å². The van der Waals surface area contributed by atoms with Gasteiger partial charge in [-0.1, -0.05) is 12.1 Å². The van der Waals surface area contributed by atoms with Gasteiger partial charge in [0.25, 0.3) is 0 Å². The molecule has 0 aliphatic heterocycles. The molecule has 0 saturated carbocycles. The van der Waals surface area contributed by atoms with Crippen molar-refractivity contribution in [3.05, 3.63) is 29.8 Å². The van der Waals surface area contributed by atoms with E-state index in [1.165, 1.54) is 35.1 Å². The zero-order chi connectivity index (χ0) is 8.27. The molecule has 0 fully saturated rings. The van der Waals surface area contributed by atoms with Crippen LogP contribution in [0.4, 0.5) is 0 Å². The van der Waals surface area contributed by atoms with Crippen molar-refractivity contribution < 1.29 is 44.0 Å². The van der Waals surface area contributed by atoms with Crippen molar-refractivity contribution in [2.45, 2.75) is 0 Å². The quantitative estimate of drug-likeness (QED) is 0.533. The molecule has 0 spiro atoms. The van der Waals surface area contributed by atoms with Crippen LogP contribution in [0, 0.1) is 0 Å². The van der Waals surface area contributed by atoms with Crippen LogP contribution in [0.5, 0.6) is 5.75 Å². The molecule has 0 aliphatic carbocycles. The molecule has 1 aromatic rings. The third kappa shape index (κ3) is 2.93. The van der Waals surface area contributed by atoms with Gasteiger partial charge in [-0.3, -0.25) is 0 Å². The maximum absolute atomic E-state index is 10.8. The number of aromatic hydroxyl groups is 1. The van der Waals surface area contributed by atoms with Crippen molar-refractivity contribution in [2.24, 2.45) is 0 Å². The van der Waals surface area contributed by atoms with E-state index < -0.39 is 5.97 Å². The van der Waals surface area contributed by atoms with Gasteiger partial charge < -0.3 is 9.60 Å². The summed E-state index contributed by atoms with van der Waals surface area (Å²) in [5, 5.41) is 9.11. The van der Waals surface area contributed by atoms with Gasteiger partial charge in [0.2, 0.25) is 0 Å². The first-order chi connectivity index (χ1) is 5.25. The number of benzene rings is 1. The normalized spacial score (nSPS) is 8.42. The van der Waals surface area contributed by atoms with Gasteiger partial charge in [0.15, 0.2) is 23.0 Å². The number of hydrogen-bond donors (Lipinski definition) is 1. The first-order valence-electron chi connectivity index (χ1n) is 2.86. The van der Waals surface area contributed by atoms with Gasteiger partial charge in [0.1, 0.15) is 11.3 Å². The number of carbonyl (C=O) groups excluding carboxylic acids is 1. The van der Waals surface area contributed by atoms with Gasteiger partial charge in [-0.15, -0.1) is 0 Å². The Morgan fingerprint density at radius 1 is 1.50 bits per heavy atom. The summed E-state index contributed by atoms with van der Waals surface area (Å²) in [7, 11) is 0. The molecule has 0 aliphatic rings. The molecule has 0 radical (unpaired) electrons. The number of para-hydroxylation sites is 1. The van der Waals surface area contributed by atoms with Crippen LogP contribution < -0.4 is 29.6 Å². The summed E-state index contributed by atoms with van der Waals surface area (Å²) < 4.78 is 4.39. The summed E-state index contributed by atoms with van der Waals surface area (Å²) in [4.78, 5) is 10.8. The molecule has 0 bridgehead atoms. The summed E-state index contributed by atoms with van der Waals surface area (Å²) in [6, 6.07) is 6.22. The van der Waals surface area contributed by atoms with Crippen molar-refractivity contribution in [1.82, 2.24) is 0 Å². The van der Waals surface area contributed by atoms with Crippen molar-refractivity contribution in [1.29, 1.82) is 0 Å². The molecule has 0 atom stereocenters. The van der Waals surface area contributed by atoms with E-state index in [1.807, 2.05) is 0 Å². The summed E-state index contributed by atoms with van der Waals surface area (Å²) in [5.74, 6) is -0.599. The molecule has 0 amide bonds. The van der Waals surface area contributed by atoms with Crippen LogP contribution in [0.25, 0.3) is 0 Å². The Morgan fingerprint density at radius 2 is 2.08 bits per heavy atom. The van der Waals surface area contributed by atoms with Crippen LogP contribution in [0.3, 0.4) is 0 Å². The second-order valence-electron chi connectivity index (χ2n) is 1.88. The van der Waals surface area contributed by atoms with Gasteiger partial charge in [0, 0.05) is 0 Å². The fraction of sp³-hybridized carbons (Fsp3) is 0. The predicted octanol–water partition coefficient (Wildman–Crippen LogP) is -0.984. The van der Waals surface area contributed by atoms with Crippen LogP contribution in [0.15, 0.2) is 24.3 Å². The van der Waals surface area contributed by atoms with E-state index in [-0.39, 0.29) is 42.3 Å². The number of phenols is 1. The van der Waals surface area contributed by atoms with Gasteiger partial charge in [-0.05, 0) is 12.1 Å². The minimum absolute atomic E-state index is 0. The average Bonchev–Trinajstić information content (AvgIpc) is 2.04. The molecule has 3 nitrogen and oxygen atoms in total. The predicted molar refractivity (Wildman–Crippen MR) is 48.7 cm³/mol. The zero-order valence-electron chi connectivity index (χ0n) is 7.45. The Kier molecular flexibility index (Phi) is 5.90. The second-order valence-corrected chi connectivity index (χ2v) is 2.32. The van der Waals surface area contributed by atoms with E-state index in [0.717, 1.165) is 0 Å². The van der Waals surface area contributed by atoms with E-state index in [2.05, 4.69) is 3.07 Å². The van der Waals surface area contributed by atoms with Crippen LogP contribution in [-0.2, 0) is 3.07 Å². The van der Waals surface area contributed by atoms with Gasteiger partial charge in [0.05, 0.1) is 0 Å². The molecule has 0 saturated heterocycles. The maximum atomic E-state index is 10.8. The van der Waals surface area contributed by atoms with Crippen LogP contribution >= 0.6 is 23.0 Å². The Bertz CT molecular complexity index is 282.